The van der Waals surface area contributed by atoms with Gasteiger partial charge in [0.15, 0.2) is 0 Å². The molecule has 0 spiro atoms. The van der Waals surface area contributed by atoms with E-state index in [1.807, 2.05) is 6.92 Å². The van der Waals surface area contributed by atoms with Gasteiger partial charge in [-0.15, -0.1) is 0 Å². The number of nitriles is 1. The quantitative estimate of drug-likeness (QED) is 0.673. The van der Waals surface area contributed by atoms with Crippen LogP contribution in [0.5, 0.6) is 0 Å². The molecule has 0 rings (SSSR count). The summed E-state index contributed by atoms with van der Waals surface area (Å²) in [6, 6.07) is 2.18. The second-order valence-corrected chi connectivity index (χ2v) is 3.73. The maximum absolute atomic E-state index is 8.54. The van der Waals surface area contributed by atoms with Gasteiger partial charge in [0.2, 0.25) is 0 Å². The Labute approximate surface area is 74.7 Å². The Kier molecular flexibility index (Phi) is 4.87. The van der Waals surface area contributed by atoms with Gasteiger partial charge >= 0.3 is 0 Å². The number of nitrogens with zero attached hydrogens (tertiary/aromatic N) is 1. The minimum absolute atomic E-state index is 0.0418. The molecule has 0 aromatic rings. The lowest BCUT2D eigenvalue weighted by Gasteiger charge is -2.25. The summed E-state index contributed by atoms with van der Waals surface area (Å²) in [6.45, 7) is 7.38. The van der Waals surface area contributed by atoms with Gasteiger partial charge in [0.1, 0.15) is 0 Å². The molecule has 70 valence electrons. The number of nitrogens with one attached hydrogen (secondary N) is 1. The number of rotatable bonds is 5. The molecule has 0 saturated carbocycles. The zero-order valence-corrected chi connectivity index (χ0v) is 8.35. The molecule has 0 aliphatic rings. The van der Waals surface area contributed by atoms with Crippen LogP contribution in [0.1, 0.15) is 20.8 Å². The van der Waals surface area contributed by atoms with E-state index in [4.69, 9.17) is 10.00 Å². The van der Waals surface area contributed by atoms with Crippen molar-refractivity contribution >= 4 is 0 Å². The van der Waals surface area contributed by atoms with Crippen LogP contribution >= 0.6 is 0 Å². The summed E-state index contributed by atoms with van der Waals surface area (Å²) in [7, 11) is 1.68. The molecule has 0 amide bonds. The lowest BCUT2D eigenvalue weighted by molar-refractivity contribution is 0.127. The smallest absolute Gasteiger partial charge is 0.0666 e. The number of hydrogen-bond donors (Lipinski definition) is 1. The molecular weight excluding hydrogens is 152 g/mol. The molecule has 3 heteroatoms. The number of ether oxygens (including phenoxy) is 1. The Morgan fingerprint density at radius 2 is 2.17 bits per heavy atom. The van der Waals surface area contributed by atoms with Gasteiger partial charge in [0.25, 0.3) is 0 Å². The van der Waals surface area contributed by atoms with E-state index in [1.54, 1.807) is 7.11 Å². The van der Waals surface area contributed by atoms with E-state index in [2.05, 4.69) is 25.2 Å². The Bertz CT molecular complexity index is 160. The first-order valence-corrected chi connectivity index (χ1v) is 4.15. The molecule has 1 N–H and O–H groups in total. The highest BCUT2D eigenvalue weighted by Crippen LogP contribution is 2.02. The van der Waals surface area contributed by atoms with Crippen molar-refractivity contribution in [3.8, 4) is 6.07 Å². The molecule has 0 heterocycles. The zero-order chi connectivity index (χ0) is 9.61. The fourth-order valence-electron chi connectivity index (χ4n) is 0.887. The summed E-state index contributed by atoms with van der Waals surface area (Å²) in [5.41, 5.74) is -0.0418. The summed E-state index contributed by atoms with van der Waals surface area (Å²) in [6.07, 6.45) is 0. The van der Waals surface area contributed by atoms with Crippen LogP contribution in [0, 0.1) is 17.2 Å². The molecule has 0 radical (unpaired) electrons. The van der Waals surface area contributed by atoms with Crippen molar-refractivity contribution in [2.45, 2.75) is 26.3 Å². The topological polar surface area (TPSA) is 45.0 Å². The molecule has 0 aliphatic heterocycles. The van der Waals surface area contributed by atoms with E-state index in [0.29, 0.717) is 13.2 Å². The first-order chi connectivity index (χ1) is 5.52. The van der Waals surface area contributed by atoms with E-state index in [-0.39, 0.29) is 11.5 Å². The second kappa shape index (κ2) is 5.13. The first kappa shape index (κ1) is 11.4. The third-order valence-corrected chi connectivity index (χ3v) is 1.61. The predicted molar refractivity (Wildman–Crippen MR) is 48.7 cm³/mol. The fraction of sp³-hybridized carbons (Fsp3) is 0.889. The lowest BCUT2D eigenvalue weighted by Crippen LogP contribution is -2.45. The maximum Gasteiger partial charge on any atom is 0.0666 e. The number of hydrogen-bond acceptors (Lipinski definition) is 3. The highest BCUT2D eigenvalue weighted by Gasteiger charge is 2.16. The van der Waals surface area contributed by atoms with Crippen LogP contribution in [-0.2, 0) is 4.74 Å². The van der Waals surface area contributed by atoms with E-state index in [0.717, 1.165) is 0 Å². The van der Waals surface area contributed by atoms with Gasteiger partial charge in [-0.3, -0.25) is 0 Å². The normalized spacial score (nSPS) is 13.9. The third-order valence-electron chi connectivity index (χ3n) is 1.61. The molecule has 1 unspecified atom stereocenters. The van der Waals surface area contributed by atoms with Crippen LogP contribution < -0.4 is 5.32 Å². The molecule has 0 fully saturated rings. The molecule has 0 aromatic carbocycles. The van der Waals surface area contributed by atoms with Crippen LogP contribution in [0.25, 0.3) is 0 Å². The minimum Gasteiger partial charge on any atom is -0.383 e. The average molecular weight is 170 g/mol. The summed E-state index contributed by atoms with van der Waals surface area (Å²) >= 11 is 0. The maximum atomic E-state index is 8.54. The Morgan fingerprint density at radius 1 is 1.58 bits per heavy atom. The molecule has 3 nitrogen and oxygen atoms in total. The molecule has 12 heavy (non-hydrogen) atoms. The number of methoxy groups -OCH3 is 1. The first-order valence-electron chi connectivity index (χ1n) is 4.15. The van der Waals surface area contributed by atoms with E-state index >= 15 is 0 Å². The molecule has 0 aromatic heterocycles. The average Bonchev–Trinajstić information content (AvgIpc) is 2.00. The van der Waals surface area contributed by atoms with E-state index in [9.17, 15) is 0 Å². The van der Waals surface area contributed by atoms with Crippen molar-refractivity contribution in [1.82, 2.24) is 5.32 Å². The Hall–Kier alpha value is -0.590. The van der Waals surface area contributed by atoms with Crippen LogP contribution in [0.4, 0.5) is 0 Å². The molecular formula is C9H18N2O. The van der Waals surface area contributed by atoms with Crippen molar-refractivity contribution in [3.63, 3.8) is 0 Å². The van der Waals surface area contributed by atoms with Crippen LogP contribution in [0.15, 0.2) is 0 Å². The van der Waals surface area contributed by atoms with Crippen LogP contribution in [0.3, 0.4) is 0 Å². The Morgan fingerprint density at radius 3 is 2.58 bits per heavy atom. The second-order valence-electron chi connectivity index (χ2n) is 3.73. The van der Waals surface area contributed by atoms with Gasteiger partial charge in [-0.25, -0.2) is 0 Å². The van der Waals surface area contributed by atoms with Gasteiger partial charge < -0.3 is 10.1 Å². The third kappa shape index (κ3) is 5.11. The van der Waals surface area contributed by atoms with Crippen molar-refractivity contribution < 1.29 is 4.74 Å². The van der Waals surface area contributed by atoms with Gasteiger partial charge in [-0.2, -0.15) is 5.26 Å². The molecule has 1 atom stereocenters. The fourth-order valence-corrected chi connectivity index (χ4v) is 0.887. The predicted octanol–water partition coefficient (Wildman–Crippen LogP) is 1.16. The van der Waals surface area contributed by atoms with Gasteiger partial charge in [0.05, 0.1) is 18.6 Å². The SMILES string of the molecule is COCC(C)(C)NCC(C)C#N. The largest absolute Gasteiger partial charge is 0.383 e. The minimum atomic E-state index is -0.0418. The highest BCUT2D eigenvalue weighted by atomic mass is 16.5. The highest BCUT2D eigenvalue weighted by molar-refractivity contribution is 4.84. The summed E-state index contributed by atoms with van der Waals surface area (Å²) in [5, 5.41) is 11.8. The van der Waals surface area contributed by atoms with Gasteiger partial charge in [-0.05, 0) is 20.8 Å². The summed E-state index contributed by atoms with van der Waals surface area (Å²) in [5.74, 6) is 0.0566. The van der Waals surface area contributed by atoms with Crippen molar-refractivity contribution in [2.24, 2.45) is 5.92 Å². The van der Waals surface area contributed by atoms with E-state index in [1.165, 1.54) is 0 Å². The standard InChI is InChI=1S/C9H18N2O/c1-8(5-10)6-11-9(2,3)7-12-4/h8,11H,6-7H2,1-4H3. The summed E-state index contributed by atoms with van der Waals surface area (Å²) in [4.78, 5) is 0. The molecule has 0 aliphatic carbocycles. The van der Waals surface area contributed by atoms with Crippen LogP contribution in [-0.4, -0.2) is 25.8 Å². The molecule has 0 bridgehead atoms. The van der Waals surface area contributed by atoms with Crippen LogP contribution in [0.2, 0.25) is 0 Å². The summed E-state index contributed by atoms with van der Waals surface area (Å²) < 4.78 is 5.03. The lowest BCUT2D eigenvalue weighted by atomic mass is 10.1. The zero-order valence-electron chi connectivity index (χ0n) is 8.35. The van der Waals surface area contributed by atoms with Gasteiger partial charge in [-0.1, -0.05) is 0 Å². The van der Waals surface area contributed by atoms with Gasteiger partial charge in [0, 0.05) is 19.2 Å². The van der Waals surface area contributed by atoms with Crippen molar-refractivity contribution in [1.29, 1.82) is 5.26 Å². The van der Waals surface area contributed by atoms with Crippen molar-refractivity contribution in [2.75, 3.05) is 20.3 Å². The monoisotopic (exact) mass is 170 g/mol. The Balaban J connectivity index is 3.68. The molecule has 0 saturated heterocycles. The van der Waals surface area contributed by atoms with E-state index < -0.39 is 0 Å². The van der Waals surface area contributed by atoms with Crippen molar-refractivity contribution in [3.05, 3.63) is 0 Å².